The predicted octanol–water partition coefficient (Wildman–Crippen LogP) is 3.61. The number of nitrogens with two attached hydrogens (primary N) is 1. The molecule has 0 radical (unpaired) electrons. The highest BCUT2D eigenvalue weighted by Gasteiger charge is 2.40. The van der Waals surface area contributed by atoms with Gasteiger partial charge in [-0.1, -0.05) is 23.7 Å². The van der Waals surface area contributed by atoms with E-state index in [0.717, 1.165) is 16.5 Å². The Morgan fingerprint density at radius 1 is 1.27 bits per heavy atom. The van der Waals surface area contributed by atoms with E-state index in [0.29, 0.717) is 35.7 Å². The zero-order valence-electron chi connectivity index (χ0n) is 13.8. The van der Waals surface area contributed by atoms with Gasteiger partial charge in [-0.25, -0.2) is 9.38 Å². The van der Waals surface area contributed by atoms with Crippen molar-refractivity contribution in [1.82, 2.24) is 4.57 Å². The fourth-order valence-corrected chi connectivity index (χ4v) is 4.44. The summed E-state index contributed by atoms with van der Waals surface area (Å²) in [5.41, 5.74) is 7.27. The second-order valence-electron chi connectivity index (χ2n) is 6.83. The summed E-state index contributed by atoms with van der Waals surface area (Å²) in [7, 11) is 0. The molecular weight excluding hydrogens is 355 g/mol. The maximum absolute atomic E-state index is 14.1. The van der Waals surface area contributed by atoms with Crippen molar-refractivity contribution in [1.29, 1.82) is 0 Å². The van der Waals surface area contributed by atoms with Crippen LogP contribution in [-0.2, 0) is 13.0 Å². The molecule has 0 saturated heterocycles. The molecule has 0 unspecified atom stereocenters. The average molecular weight is 371 g/mol. The third kappa shape index (κ3) is 1.99. The quantitative estimate of drug-likeness (QED) is 0.565. The number of anilines is 1. The van der Waals surface area contributed by atoms with E-state index in [9.17, 15) is 9.50 Å². The molecule has 7 heteroatoms. The van der Waals surface area contributed by atoms with Crippen molar-refractivity contribution in [2.75, 3.05) is 5.32 Å². The lowest BCUT2D eigenvalue weighted by molar-refractivity contribution is 0.331. The molecule has 0 bridgehead atoms. The Balaban J connectivity index is 1.67. The van der Waals surface area contributed by atoms with Gasteiger partial charge in [0.25, 0.3) is 0 Å². The highest BCUT2D eigenvalue weighted by atomic mass is 35.5. The number of nitrogens with zero attached hydrogens (tertiary/aromatic N) is 2. The minimum Gasteiger partial charge on any atom is -0.494 e. The van der Waals surface area contributed by atoms with Crippen LogP contribution in [0.15, 0.2) is 41.4 Å². The van der Waals surface area contributed by atoms with Gasteiger partial charge in [-0.3, -0.25) is 0 Å². The van der Waals surface area contributed by atoms with Crippen LogP contribution in [0.1, 0.15) is 17.7 Å². The van der Waals surface area contributed by atoms with Gasteiger partial charge < -0.3 is 20.7 Å². The summed E-state index contributed by atoms with van der Waals surface area (Å²) in [6.45, 7) is 0.556. The summed E-state index contributed by atoms with van der Waals surface area (Å²) in [5.74, 6) is 0.0134. The Kier molecular flexibility index (Phi) is 3.07. The van der Waals surface area contributed by atoms with Gasteiger partial charge in [0.1, 0.15) is 17.3 Å². The number of nitrogens with one attached hydrogen (secondary N) is 1. The van der Waals surface area contributed by atoms with Gasteiger partial charge in [0.05, 0.1) is 10.6 Å². The van der Waals surface area contributed by atoms with E-state index in [1.54, 1.807) is 12.1 Å². The molecule has 0 aliphatic carbocycles. The lowest BCUT2D eigenvalue weighted by Crippen LogP contribution is -2.48. The molecule has 2 aromatic carbocycles. The third-order valence-corrected chi connectivity index (χ3v) is 5.62. The summed E-state index contributed by atoms with van der Waals surface area (Å²) in [5, 5.41) is 16.1. The van der Waals surface area contributed by atoms with Gasteiger partial charge in [0.15, 0.2) is 5.88 Å². The lowest BCUT2D eigenvalue weighted by Gasteiger charge is -2.40. The highest BCUT2D eigenvalue weighted by molar-refractivity contribution is 6.36. The standard InChI is InChI=1S/C19H16ClFN4O/c20-11-4-1-3-10-15(11)14-9-19(7-8-25(14)18(10)26)23-13-6-2-5-12(21)16(13)17(22)24-19/h1-6,23,26H,7-9H2,(H2,22,24)/t19-/m1/s1. The predicted molar refractivity (Wildman–Crippen MR) is 100 cm³/mol. The minimum absolute atomic E-state index is 0.191. The second-order valence-corrected chi connectivity index (χ2v) is 7.23. The smallest absolute Gasteiger partial charge is 0.199 e. The number of amidine groups is 1. The number of hydrogen-bond acceptors (Lipinski definition) is 4. The Labute approximate surface area is 153 Å². The molecule has 3 aromatic rings. The molecule has 0 amide bonds. The fourth-order valence-electron chi connectivity index (χ4n) is 4.15. The summed E-state index contributed by atoms with van der Waals surface area (Å²) < 4.78 is 16.0. The maximum Gasteiger partial charge on any atom is 0.199 e. The Bertz CT molecular complexity index is 1110. The van der Waals surface area contributed by atoms with E-state index in [2.05, 4.69) is 10.3 Å². The van der Waals surface area contributed by atoms with E-state index < -0.39 is 11.5 Å². The van der Waals surface area contributed by atoms with E-state index in [-0.39, 0.29) is 11.7 Å². The number of rotatable bonds is 0. The van der Waals surface area contributed by atoms with Gasteiger partial charge >= 0.3 is 0 Å². The van der Waals surface area contributed by atoms with Crippen LogP contribution in [0.5, 0.6) is 5.88 Å². The molecule has 4 N–H and O–H groups in total. The molecule has 0 saturated carbocycles. The van der Waals surface area contributed by atoms with E-state index in [1.807, 2.05) is 22.8 Å². The number of halogens is 2. The van der Waals surface area contributed by atoms with Crippen LogP contribution in [0.3, 0.4) is 0 Å². The number of aromatic nitrogens is 1. The second kappa shape index (κ2) is 5.14. The molecule has 5 rings (SSSR count). The van der Waals surface area contributed by atoms with Crippen LogP contribution in [0.25, 0.3) is 10.8 Å². The number of hydrogen-bond donors (Lipinski definition) is 3. The van der Waals surface area contributed by atoms with Crippen molar-refractivity contribution in [2.24, 2.45) is 10.7 Å². The number of aliphatic imine (C=N–C) groups is 1. The molecule has 0 fully saturated rings. The van der Waals surface area contributed by atoms with Crippen LogP contribution in [-0.4, -0.2) is 21.2 Å². The summed E-state index contributed by atoms with van der Waals surface area (Å²) in [6, 6.07) is 10.3. The van der Waals surface area contributed by atoms with Gasteiger partial charge in [0, 0.05) is 41.5 Å². The van der Waals surface area contributed by atoms with E-state index >= 15 is 0 Å². The van der Waals surface area contributed by atoms with Gasteiger partial charge in [-0.2, -0.15) is 0 Å². The Morgan fingerprint density at radius 3 is 2.92 bits per heavy atom. The number of benzene rings is 2. The Morgan fingerprint density at radius 2 is 2.08 bits per heavy atom. The van der Waals surface area contributed by atoms with Crippen molar-refractivity contribution in [2.45, 2.75) is 25.0 Å². The van der Waals surface area contributed by atoms with E-state index in [4.69, 9.17) is 17.3 Å². The first-order valence-corrected chi connectivity index (χ1v) is 8.78. The molecule has 1 aromatic heterocycles. The molecule has 1 spiro atoms. The first kappa shape index (κ1) is 15.5. The Hall–Kier alpha value is -2.73. The van der Waals surface area contributed by atoms with Crippen LogP contribution in [0.4, 0.5) is 10.1 Å². The fraction of sp³-hybridized carbons (Fsp3) is 0.211. The van der Waals surface area contributed by atoms with Gasteiger partial charge in [-0.05, 0) is 24.3 Å². The first-order valence-electron chi connectivity index (χ1n) is 8.40. The number of aromatic hydroxyl groups is 1. The topological polar surface area (TPSA) is 75.6 Å². The maximum atomic E-state index is 14.1. The third-order valence-electron chi connectivity index (χ3n) is 5.31. The molecular formula is C19H16ClFN4O. The van der Waals surface area contributed by atoms with Gasteiger partial charge in [-0.15, -0.1) is 0 Å². The first-order chi connectivity index (χ1) is 12.5. The zero-order chi connectivity index (χ0) is 18.1. The molecule has 2 aliphatic heterocycles. The zero-order valence-corrected chi connectivity index (χ0v) is 14.5. The van der Waals surface area contributed by atoms with Crippen LogP contribution in [0.2, 0.25) is 5.02 Å². The van der Waals surface area contributed by atoms with Crippen LogP contribution < -0.4 is 11.1 Å². The number of fused-ring (bicyclic) bond motifs is 4. The van der Waals surface area contributed by atoms with Crippen molar-refractivity contribution in [3.05, 3.63) is 58.5 Å². The lowest BCUT2D eigenvalue weighted by atomic mass is 9.92. The van der Waals surface area contributed by atoms with Crippen LogP contribution >= 0.6 is 11.6 Å². The van der Waals surface area contributed by atoms with Crippen LogP contribution in [0, 0.1) is 5.82 Å². The average Bonchev–Trinajstić information content (AvgIpc) is 2.87. The molecule has 3 heterocycles. The van der Waals surface area contributed by atoms with Crippen molar-refractivity contribution < 1.29 is 9.50 Å². The van der Waals surface area contributed by atoms with Crippen molar-refractivity contribution in [3.63, 3.8) is 0 Å². The molecule has 5 nitrogen and oxygen atoms in total. The van der Waals surface area contributed by atoms with E-state index in [1.165, 1.54) is 6.07 Å². The largest absolute Gasteiger partial charge is 0.494 e. The SMILES string of the molecule is NC1=N[C@@]2(CCn3c(O)c4cccc(Cl)c4c3C2)Nc2cccc(F)c21. The summed E-state index contributed by atoms with van der Waals surface area (Å²) in [6.07, 6.45) is 1.10. The summed E-state index contributed by atoms with van der Waals surface area (Å²) >= 11 is 6.41. The van der Waals surface area contributed by atoms with Crippen molar-refractivity contribution in [3.8, 4) is 5.88 Å². The molecule has 1 atom stereocenters. The van der Waals surface area contributed by atoms with Crippen molar-refractivity contribution >= 4 is 33.9 Å². The summed E-state index contributed by atoms with van der Waals surface area (Å²) in [4.78, 5) is 4.63. The molecule has 2 aliphatic rings. The van der Waals surface area contributed by atoms with Gasteiger partial charge in [0.2, 0.25) is 0 Å². The highest BCUT2D eigenvalue weighted by Crippen LogP contribution is 2.43. The monoisotopic (exact) mass is 370 g/mol. The molecule has 26 heavy (non-hydrogen) atoms. The minimum atomic E-state index is -0.683. The molecule has 132 valence electrons. The normalized spacial score (nSPS) is 21.2.